The van der Waals surface area contributed by atoms with E-state index in [9.17, 15) is 14.7 Å². The summed E-state index contributed by atoms with van der Waals surface area (Å²) >= 11 is 0. The molecule has 2 amide bonds. The molecule has 0 spiro atoms. The van der Waals surface area contributed by atoms with Gasteiger partial charge in [-0.25, -0.2) is 14.6 Å². The SMILES string of the molecule is COC(=O)[C@H](Cc1ccccc1)NC(=O)NCc1cccc(-c2ccc([C@H]3O[C@@H](Cn4cnc5ccccc54)C[C@@H](c4ccc(CO)cc4)O3)cc2)c1. The summed E-state index contributed by atoms with van der Waals surface area (Å²) in [5.41, 5.74) is 8.59. The molecule has 1 aromatic heterocycles. The summed E-state index contributed by atoms with van der Waals surface area (Å²) in [6.45, 7) is 0.884. The van der Waals surface area contributed by atoms with Crippen molar-refractivity contribution in [3.8, 4) is 11.1 Å². The van der Waals surface area contributed by atoms with E-state index in [-0.39, 0.29) is 25.4 Å². The van der Waals surface area contributed by atoms with Crippen LogP contribution in [0.5, 0.6) is 0 Å². The first-order valence-corrected chi connectivity index (χ1v) is 17.7. The monoisotopic (exact) mass is 710 g/mol. The lowest BCUT2D eigenvalue weighted by atomic mass is 9.99. The number of hydrogen-bond acceptors (Lipinski definition) is 7. The molecule has 2 heterocycles. The number of ether oxygens (including phenoxy) is 3. The molecule has 10 heteroatoms. The van der Waals surface area contributed by atoms with Crippen molar-refractivity contribution in [2.24, 2.45) is 0 Å². The van der Waals surface area contributed by atoms with Gasteiger partial charge >= 0.3 is 12.0 Å². The molecular weight excluding hydrogens is 668 g/mol. The van der Waals surface area contributed by atoms with Gasteiger partial charge in [0.1, 0.15) is 6.04 Å². The van der Waals surface area contributed by atoms with Crippen molar-refractivity contribution in [3.63, 3.8) is 0 Å². The van der Waals surface area contributed by atoms with Crippen LogP contribution in [0.4, 0.5) is 4.79 Å². The van der Waals surface area contributed by atoms with E-state index in [1.165, 1.54) is 7.11 Å². The maximum Gasteiger partial charge on any atom is 0.328 e. The molecule has 4 atom stereocenters. The van der Waals surface area contributed by atoms with E-state index in [2.05, 4.69) is 26.3 Å². The van der Waals surface area contributed by atoms with Crippen LogP contribution in [0.25, 0.3) is 22.2 Å². The van der Waals surface area contributed by atoms with Gasteiger partial charge in [-0.05, 0) is 51.6 Å². The highest BCUT2D eigenvalue weighted by Crippen LogP contribution is 2.39. The summed E-state index contributed by atoms with van der Waals surface area (Å²) in [4.78, 5) is 29.8. The molecule has 1 saturated heterocycles. The highest BCUT2D eigenvalue weighted by Gasteiger charge is 2.32. The lowest BCUT2D eigenvalue weighted by molar-refractivity contribution is -0.252. The number of imidazole rings is 1. The Morgan fingerprint density at radius 2 is 1.57 bits per heavy atom. The van der Waals surface area contributed by atoms with Gasteiger partial charge in [-0.15, -0.1) is 0 Å². The van der Waals surface area contributed by atoms with Crippen LogP contribution in [-0.2, 0) is 45.1 Å². The first-order valence-electron chi connectivity index (χ1n) is 17.7. The minimum absolute atomic E-state index is 0.0123. The smallest absolute Gasteiger partial charge is 0.328 e. The average Bonchev–Trinajstić information content (AvgIpc) is 3.62. The second-order valence-electron chi connectivity index (χ2n) is 13.2. The van der Waals surface area contributed by atoms with Gasteiger partial charge in [-0.2, -0.15) is 0 Å². The topological polar surface area (TPSA) is 124 Å². The zero-order valence-corrected chi connectivity index (χ0v) is 29.4. The normalized spacial score (nSPS) is 17.6. The van der Waals surface area contributed by atoms with E-state index in [0.717, 1.165) is 50.0 Å². The van der Waals surface area contributed by atoms with E-state index in [1.807, 2.05) is 128 Å². The Labute approximate surface area is 308 Å². The van der Waals surface area contributed by atoms with Crippen molar-refractivity contribution in [1.29, 1.82) is 0 Å². The fourth-order valence-electron chi connectivity index (χ4n) is 6.68. The van der Waals surface area contributed by atoms with Gasteiger partial charge < -0.3 is 34.5 Å². The number of amides is 2. The van der Waals surface area contributed by atoms with Crippen LogP contribution < -0.4 is 10.6 Å². The number of aromatic nitrogens is 2. The Hall–Kier alpha value is -5.81. The van der Waals surface area contributed by atoms with Crippen LogP contribution >= 0.6 is 0 Å². The number of carbonyl (C=O) groups excluding carboxylic acids is 2. The lowest BCUT2D eigenvalue weighted by Gasteiger charge is -2.36. The van der Waals surface area contributed by atoms with E-state index < -0.39 is 24.3 Å². The zero-order chi connectivity index (χ0) is 36.6. The molecule has 3 N–H and O–H groups in total. The number of carbonyl (C=O) groups is 2. The number of urea groups is 1. The second-order valence-corrected chi connectivity index (χ2v) is 13.2. The van der Waals surface area contributed by atoms with Gasteiger partial charge in [0.2, 0.25) is 0 Å². The number of nitrogens with one attached hydrogen (secondary N) is 2. The number of para-hydroxylation sites is 2. The summed E-state index contributed by atoms with van der Waals surface area (Å²) in [7, 11) is 1.31. The molecule has 1 aliphatic rings. The fourth-order valence-corrected chi connectivity index (χ4v) is 6.68. The minimum atomic E-state index is -0.812. The Morgan fingerprint density at radius 1 is 0.830 bits per heavy atom. The summed E-state index contributed by atoms with van der Waals surface area (Å²) in [5.74, 6) is -0.506. The Kier molecular flexibility index (Phi) is 11.2. The Morgan fingerprint density at radius 3 is 2.34 bits per heavy atom. The highest BCUT2D eigenvalue weighted by atomic mass is 16.7. The van der Waals surface area contributed by atoms with E-state index in [4.69, 9.17) is 14.2 Å². The number of methoxy groups -OCH3 is 1. The number of aliphatic hydroxyl groups is 1. The molecule has 1 aliphatic heterocycles. The fraction of sp³-hybridized carbons (Fsp3) is 0.233. The maximum absolute atomic E-state index is 12.8. The molecule has 10 nitrogen and oxygen atoms in total. The summed E-state index contributed by atoms with van der Waals surface area (Å²) in [6.07, 6.45) is 1.91. The quantitative estimate of drug-likeness (QED) is 0.117. The second kappa shape index (κ2) is 16.7. The number of esters is 1. The number of aliphatic hydroxyl groups excluding tert-OH is 1. The Balaban J connectivity index is 1.03. The summed E-state index contributed by atoms with van der Waals surface area (Å²) in [5, 5.41) is 15.2. The molecule has 0 bridgehead atoms. The predicted octanol–water partition coefficient (Wildman–Crippen LogP) is 7.02. The van der Waals surface area contributed by atoms with Crippen molar-refractivity contribution in [2.45, 2.75) is 57.1 Å². The van der Waals surface area contributed by atoms with Gasteiger partial charge in [0.25, 0.3) is 0 Å². The third kappa shape index (κ3) is 8.81. The van der Waals surface area contributed by atoms with Crippen LogP contribution in [-0.4, -0.2) is 45.9 Å². The number of hydrogen-bond donors (Lipinski definition) is 3. The van der Waals surface area contributed by atoms with Gasteiger partial charge in [0.05, 0.1) is 49.8 Å². The van der Waals surface area contributed by atoms with Gasteiger partial charge in [-0.3, -0.25) is 0 Å². The van der Waals surface area contributed by atoms with Crippen molar-refractivity contribution in [3.05, 3.63) is 162 Å². The van der Waals surface area contributed by atoms with Crippen LogP contribution in [0.2, 0.25) is 0 Å². The molecule has 5 aromatic carbocycles. The number of nitrogens with zero attached hydrogens (tertiary/aromatic N) is 2. The molecular formula is C43H42N4O6. The standard InChI is InChI=1S/C43H42N4O6/c1-51-41(49)38(23-29-8-3-2-4-9-29)46-43(50)44-25-31-10-7-11-35(22-31)32-18-20-34(21-19-32)42-52-36(26-47-28-45-37-12-5-6-13-39(37)47)24-40(53-42)33-16-14-30(27-48)15-17-33/h2-22,28,36,38,40,42,48H,23-27H2,1H3,(H2,44,46,50)/t36-,38+,40+,42+/m1/s1. The maximum atomic E-state index is 12.8. The highest BCUT2D eigenvalue weighted by molar-refractivity contribution is 5.83. The largest absolute Gasteiger partial charge is 0.467 e. The third-order valence-corrected chi connectivity index (χ3v) is 9.51. The van der Waals surface area contributed by atoms with Crippen LogP contribution in [0.1, 0.15) is 46.6 Å². The third-order valence-electron chi connectivity index (χ3n) is 9.51. The molecule has 0 aliphatic carbocycles. The number of fused-ring (bicyclic) bond motifs is 1. The van der Waals surface area contributed by atoms with Crippen LogP contribution in [0.15, 0.2) is 134 Å². The van der Waals surface area contributed by atoms with Gasteiger partial charge in [0.15, 0.2) is 6.29 Å². The molecule has 53 heavy (non-hydrogen) atoms. The molecule has 6 aromatic rings. The van der Waals surface area contributed by atoms with E-state index >= 15 is 0 Å². The van der Waals surface area contributed by atoms with Crippen LogP contribution in [0, 0.1) is 0 Å². The molecule has 7 rings (SSSR count). The molecule has 270 valence electrons. The molecule has 1 fully saturated rings. The minimum Gasteiger partial charge on any atom is -0.467 e. The number of benzene rings is 5. The van der Waals surface area contributed by atoms with Gasteiger partial charge in [-0.1, -0.05) is 109 Å². The van der Waals surface area contributed by atoms with Crippen molar-refractivity contribution >= 4 is 23.0 Å². The predicted molar refractivity (Wildman–Crippen MR) is 201 cm³/mol. The lowest BCUT2D eigenvalue weighted by Crippen LogP contribution is -2.47. The zero-order valence-electron chi connectivity index (χ0n) is 29.4. The first-order chi connectivity index (χ1) is 25.9. The van der Waals surface area contributed by atoms with E-state index in [1.54, 1.807) is 0 Å². The van der Waals surface area contributed by atoms with Gasteiger partial charge in [0, 0.05) is 24.9 Å². The number of rotatable bonds is 12. The summed E-state index contributed by atoms with van der Waals surface area (Å²) < 4.78 is 20.2. The van der Waals surface area contributed by atoms with E-state index in [0.29, 0.717) is 19.4 Å². The molecule has 0 saturated carbocycles. The van der Waals surface area contributed by atoms with Crippen molar-refractivity contribution in [2.75, 3.05) is 7.11 Å². The summed E-state index contributed by atoms with van der Waals surface area (Å²) in [6, 6.07) is 40.3. The van der Waals surface area contributed by atoms with Crippen molar-refractivity contribution in [1.82, 2.24) is 20.2 Å². The first kappa shape index (κ1) is 35.6. The Bertz CT molecular complexity index is 2130. The molecule has 0 unspecified atom stereocenters. The van der Waals surface area contributed by atoms with Crippen LogP contribution in [0.3, 0.4) is 0 Å². The average molecular weight is 711 g/mol. The van der Waals surface area contributed by atoms with Crippen molar-refractivity contribution < 1.29 is 28.9 Å². The molecule has 0 radical (unpaired) electrons.